The highest BCUT2D eigenvalue weighted by Crippen LogP contribution is 2.25. The fourth-order valence-electron chi connectivity index (χ4n) is 2.27. The summed E-state index contributed by atoms with van der Waals surface area (Å²) >= 11 is 5.92. The van der Waals surface area contributed by atoms with Gasteiger partial charge in [0, 0.05) is 28.7 Å². The summed E-state index contributed by atoms with van der Waals surface area (Å²) in [5.74, 6) is -0.588. The predicted molar refractivity (Wildman–Crippen MR) is 88.2 cm³/mol. The molecule has 1 unspecified atom stereocenters. The molecule has 0 fully saturated rings. The lowest BCUT2D eigenvalue weighted by molar-refractivity contribution is -0.145. The zero-order valence-corrected chi connectivity index (χ0v) is 12.9. The summed E-state index contributed by atoms with van der Waals surface area (Å²) in [7, 11) is 0. The Morgan fingerprint density at radius 2 is 1.74 bits per heavy atom. The van der Waals surface area contributed by atoms with E-state index in [1.165, 1.54) is 0 Å². The largest absolute Gasteiger partial charge is 0.478 e. The van der Waals surface area contributed by atoms with Crippen molar-refractivity contribution >= 4 is 17.6 Å². The highest BCUT2D eigenvalue weighted by atomic mass is 35.5. The van der Waals surface area contributed by atoms with E-state index in [9.17, 15) is 9.90 Å². The molecule has 1 N–H and O–H groups in total. The molecular weight excluding hydrogens is 314 g/mol. The summed E-state index contributed by atoms with van der Waals surface area (Å²) in [5.41, 5.74) is 1.47. The van der Waals surface area contributed by atoms with Crippen LogP contribution in [0.15, 0.2) is 73.1 Å². The third-order valence-corrected chi connectivity index (χ3v) is 3.60. The Bertz CT molecular complexity index is 797. The van der Waals surface area contributed by atoms with Crippen LogP contribution in [0.1, 0.15) is 11.7 Å². The number of carboxylic acids is 1. The van der Waals surface area contributed by atoms with Crippen molar-refractivity contribution in [2.75, 3.05) is 0 Å². The molecule has 4 nitrogen and oxygen atoms in total. The highest BCUT2D eigenvalue weighted by Gasteiger charge is 2.22. The van der Waals surface area contributed by atoms with Crippen LogP contribution in [0.2, 0.25) is 5.02 Å². The first-order valence-electron chi connectivity index (χ1n) is 7.02. The predicted octanol–water partition coefficient (Wildman–Crippen LogP) is 4.34. The van der Waals surface area contributed by atoms with Gasteiger partial charge in [0.05, 0.1) is 0 Å². The third kappa shape index (κ3) is 3.55. The molecule has 3 rings (SSSR count). The van der Waals surface area contributed by atoms with E-state index in [0.29, 0.717) is 16.3 Å². The van der Waals surface area contributed by atoms with Gasteiger partial charge in [-0.1, -0.05) is 23.7 Å². The average Bonchev–Trinajstić information content (AvgIpc) is 3.07. The van der Waals surface area contributed by atoms with Crippen molar-refractivity contribution in [2.24, 2.45) is 0 Å². The summed E-state index contributed by atoms with van der Waals surface area (Å²) in [6, 6.07) is 17.8. The smallest absolute Gasteiger partial charge is 0.349 e. The molecule has 1 heterocycles. The van der Waals surface area contributed by atoms with Crippen LogP contribution >= 0.6 is 11.6 Å². The number of halogens is 1. The number of carboxylic acid groups (broad SMARTS) is 1. The number of nitrogens with zero attached hydrogens (tertiary/aromatic N) is 1. The normalized spacial score (nSPS) is 11.9. The Morgan fingerprint density at radius 1 is 1.04 bits per heavy atom. The molecule has 0 aliphatic rings. The van der Waals surface area contributed by atoms with Crippen molar-refractivity contribution < 1.29 is 14.6 Å². The summed E-state index contributed by atoms with van der Waals surface area (Å²) in [4.78, 5) is 11.5. The van der Waals surface area contributed by atoms with Crippen LogP contribution in [0.25, 0.3) is 5.69 Å². The number of carbonyl (C=O) groups is 1. The average molecular weight is 328 g/mol. The van der Waals surface area contributed by atoms with E-state index < -0.39 is 12.1 Å². The third-order valence-electron chi connectivity index (χ3n) is 3.37. The van der Waals surface area contributed by atoms with E-state index in [-0.39, 0.29) is 0 Å². The van der Waals surface area contributed by atoms with Crippen molar-refractivity contribution in [1.82, 2.24) is 4.57 Å². The van der Waals surface area contributed by atoms with Gasteiger partial charge in [0.15, 0.2) is 0 Å². The fourth-order valence-corrected chi connectivity index (χ4v) is 2.47. The minimum atomic E-state index is -1.11. The van der Waals surface area contributed by atoms with E-state index in [4.69, 9.17) is 16.3 Å². The molecule has 0 aliphatic carbocycles. The maximum atomic E-state index is 11.5. The fraction of sp³-hybridized carbons (Fsp3) is 0.0556. The number of hydrogen-bond acceptors (Lipinski definition) is 2. The maximum Gasteiger partial charge on any atom is 0.349 e. The molecule has 0 spiro atoms. The molecule has 0 aliphatic heterocycles. The summed E-state index contributed by atoms with van der Waals surface area (Å²) in [5, 5.41) is 9.88. The van der Waals surface area contributed by atoms with Crippen molar-refractivity contribution in [1.29, 1.82) is 0 Å². The van der Waals surface area contributed by atoms with Gasteiger partial charge in [-0.05, 0) is 48.5 Å². The Hall–Kier alpha value is -2.72. The molecule has 23 heavy (non-hydrogen) atoms. The zero-order chi connectivity index (χ0) is 16.2. The van der Waals surface area contributed by atoms with Gasteiger partial charge in [-0.3, -0.25) is 0 Å². The second-order valence-corrected chi connectivity index (χ2v) is 5.41. The van der Waals surface area contributed by atoms with Crippen LogP contribution in [0, 0.1) is 0 Å². The van der Waals surface area contributed by atoms with Crippen LogP contribution in [-0.2, 0) is 4.79 Å². The van der Waals surface area contributed by atoms with Crippen LogP contribution in [0.5, 0.6) is 5.75 Å². The van der Waals surface area contributed by atoms with E-state index >= 15 is 0 Å². The van der Waals surface area contributed by atoms with Gasteiger partial charge in [-0.2, -0.15) is 0 Å². The number of aromatic nitrogens is 1. The van der Waals surface area contributed by atoms with Crippen molar-refractivity contribution in [3.63, 3.8) is 0 Å². The van der Waals surface area contributed by atoms with Gasteiger partial charge in [0.25, 0.3) is 0 Å². The molecular formula is C18H14ClNO3. The standard InChI is InChI=1S/C18H14ClNO3/c19-14-5-3-4-13(12-14)17(18(21)22)23-16-8-6-15(7-9-16)20-10-1-2-11-20/h1-12,17H,(H,21,22). The first-order valence-corrected chi connectivity index (χ1v) is 7.39. The van der Waals surface area contributed by atoms with Crippen LogP contribution in [0.3, 0.4) is 0 Å². The van der Waals surface area contributed by atoms with E-state index in [1.807, 2.05) is 41.2 Å². The van der Waals surface area contributed by atoms with Gasteiger partial charge >= 0.3 is 5.97 Å². The van der Waals surface area contributed by atoms with Crippen molar-refractivity contribution in [3.8, 4) is 11.4 Å². The molecule has 5 heteroatoms. The quantitative estimate of drug-likeness (QED) is 0.758. The second-order valence-electron chi connectivity index (χ2n) is 4.98. The molecule has 0 amide bonds. The van der Waals surface area contributed by atoms with E-state index in [1.54, 1.807) is 36.4 Å². The summed E-state index contributed by atoms with van der Waals surface area (Å²) in [6.07, 6.45) is 2.76. The van der Waals surface area contributed by atoms with Crippen LogP contribution in [-0.4, -0.2) is 15.6 Å². The van der Waals surface area contributed by atoms with E-state index in [0.717, 1.165) is 5.69 Å². The number of ether oxygens (including phenoxy) is 1. The first kappa shape index (κ1) is 15.2. The van der Waals surface area contributed by atoms with E-state index in [2.05, 4.69) is 0 Å². The molecule has 3 aromatic rings. The molecule has 2 aromatic carbocycles. The number of benzene rings is 2. The van der Waals surface area contributed by atoms with Crippen molar-refractivity contribution in [2.45, 2.75) is 6.10 Å². The minimum absolute atomic E-state index is 0.473. The molecule has 0 bridgehead atoms. The molecule has 0 saturated heterocycles. The lowest BCUT2D eigenvalue weighted by Crippen LogP contribution is -2.18. The Labute approximate surface area is 138 Å². The van der Waals surface area contributed by atoms with Gasteiger partial charge in [-0.25, -0.2) is 4.79 Å². The summed E-state index contributed by atoms with van der Waals surface area (Å²) in [6.45, 7) is 0. The molecule has 1 atom stereocenters. The molecule has 0 radical (unpaired) electrons. The van der Waals surface area contributed by atoms with Gasteiger partial charge < -0.3 is 14.4 Å². The lowest BCUT2D eigenvalue weighted by atomic mass is 10.1. The van der Waals surface area contributed by atoms with Crippen LogP contribution < -0.4 is 4.74 Å². The second kappa shape index (κ2) is 6.58. The lowest BCUT2D eigenvalue weighted by Gasteiger charge is -2.16. The number of aliphatic carboxylic acids is 1. The number of hydrogen-bond donors (Lipinski definition) is 1. The number of rotatable bonds is 5. The first-order chi connectivity index (χ1) is 11.1. The monoisotopic (exact) mass is 327 g/mol. The van der Waals surface area contributed by atoms with Crippen molar-refractivity contribution in [3.05, 3.63) is 83.6 Å². The van der Waals surface area contributed by atoms with Gasteiger partial charge in [-0.15, -0.1) is 0 Å². The Kier molecular flexibility index (Phi) is 4.35. The summed E-state index contributed by atoms with van der Waals surface area (Å²) < 4.78 is 7.58. The molecule has 1 aromatic heterocycles. The van der Waals surface area contributed by atoms with Gasteiger partial charge in [0.1, 0.15) is 5.75 Å². The zero-order valence-electron chi connectivity index (χ0n) is 12.1. The Balaban J connectivity index is 1.82. The minimum Gasteiger partial charge on any atom is -0.478 e. The van der Waals surface area contributed by atoms with Gasteiger partial charge in [0.2, 0.25) is 6.10 Å². The molecule has 116 valence electrons. The highest BCUT2D eigenvalue weighted by molar-refractivity contribution is 6.30. The topological polar surface area (TPSA) is 51.5 Å². The van der Waals surface area contributed by atoms with Crippen LogP contribution in [0.4, 0.5) is 0 Å². The molecule has 0 saturated carbocycles. The SMILES string of the molecule is O=C(O)C(Oc1ccc(-n2cccc2)cc1)c1cccc(Cl)c1. The maximum absolute atomic E-state index is 11.5. The Morgan fingerprint density at radius 3 is 2.35 bits per heavy atom.